The van der Waals surface area contributed by atoms with Gasteiger partial charge in [0.2, 0.25) is 0 Å². The maximum atomic E-state index is 13.4. The first-order valence-corrected chi connectivity index (χ1v) is 7.94. The standard InChI is InChI=1S/C19H16F2N2O/c20-14-3-1-2-12(8-14)11-23(16-5-6-16)19(24)18-10-13-9-15(21)4-7-17(13)22-18/h1-4,7-10,16,22H,5-6,11H2. The van der Waals surface area contributed by atoms with Crippen LogP contribution in [0.25, 0.3) is 10.9 Å². The van der Waals surface area contributed by atoms with Gasteiger partial charge in [-0.1, -0.05) is 12.1 Å². The number of carbonyl (C=O) groups excluding carboxylic acids is 1. The Kier molecular flexibility index (Phi) is 3.56. The highest BCUT2D eigenvalue weighted by Crippen LogP contribution is 2.30. The summed E-state index contributed by atoms with van der Waals surface area (Å²) in [6, 6.07) is 12.5. The summed E-state index contributed by atoms with van der Waals surface area (Å²) in [6.07, 6.45) is 1.91. The normalized spacial score (nSPS) is 14.1. The second-order valence-corrected chi connectivity index (χ2v) is 6.21. The van der Waals surface area contributed by atoms with Gasteiger partial charge in [0.25, 0.3) is 5.91 Å². The summed E-state index contributed by atoms with van der Waals surface area (Å²) in [6.45, 7) is 0.366. The summed E-state index contributed by atoms with van der Waals surface area (Å²) in [5, 5.41) is 0.667. The van der Waals surface area contributed by atoms with Crippen molar-refractivity contribution in [3.63, 3.8) is 0 Å². The minimum absolute atomic E-state index is 0.140. The van der Waals surface area contributed by atoms with Crippen LogP contribution in [0.1, 0.15) is 28.9 Å². The number of aromatic amines is 1. The molecule has 1 aliphatic rings. The predicted octanol–water partition coefficient (Wildman–Crippen LogP) is 4.25. The lowest BCUT2D eigenvalue weighted by Crippen LogP contribution is -2.32. The molecule has 0 atom stereocenters. The largest absolute Gasteiger partial charge is 0.351 e. The molecule has 0 aliphatic heterocycles. The molecule has 0 radical (unpaired) electrons. The van der Waals surface area contributed by atoms with E-state index in [1.165, 1.54) is 24.3 Å². The number of benzene rings is 2. The summed E-state index contributed by atoms with van der Waals surface area (Å²) in [7, 11) is 0. The number of H-pyrrole nitrogens is 1. The average Bonchev–Trinajstić information content (AvgIpc) is 3.31. The molecular weight excluding hydrogens is 310 g/mol. The van der Waals surface area contributed by atoms with E-state index in [0.29, 0.717) is 17.6 Å². The summed E-state index contributed by atoms with van der Waals surface area (Å²) < 4.78 is 26.7. The molecule has 5 heteroatoms. The van der Waals surface area contributed by atoms with Gasteiger partial charge in [-0.05, 0) is 54.8 Å². The fraction of sp³-hybridized carbons (Fsp3) is 0.211. The van der Waals surface area contributed by atoms with Gasteiger partial charge in [0.1, 0.15) is 17.3 Å². The molecule has 0 bridgehead atoms. The molecule has 4 rings (SSSR count). The Hall–Kier alpha value is -2.69. The summed E-state index contributed by atoms with van der Waals surface area (Å²) in [5.74, 6) is -0.783. The summed E-state index contributed by atoms with van der Waals surface area (Å²) in [4.78, 5) is 17.7. The molecule has 1 aromatic heterocycles. The molecule has 24 heavy (non-hydrogen) atoms. The van der Waals surface area contributed by atoms with Crippen molar-refractivity contribution < 1.29 is 13.6 Å². The topological polar surface area (TPSA) is 36.1 Å². The van der Waals surface area contributed by atoms with Crippen molar-refractivity contribution in [2.75, 3.05) is 0 Å². The van der Waals surface area contributed by atoms with Gasteiger partial charge in [0.05, 0.1) is 0 Å². The molecule has 3 nitrogen and oxygen atoms in total. The molecule has 0 spiro atoms. The molecule has 1 N–H and O–H groups in total. The van der Waals surface area contributed by atoms with Crippen LogP contribution in [0, 0.1) is 11.6 Å². The second kappa shape index (κ2) is 5.74. The molecule has 122 valence electrons. The zero-order valence-corrected chi connectivity index (χ0v) is 12.9. The maximum absolute atomic E-state index is 13.4. The van der Waals surface area contributed by atoms with E-state index in [-0.39, 0.29) is 23.6 Å². The van der Waals surface area contributed by atoms with Crippen molar-refractivity contribution in [2.45, 2.75) is 25.4 Å². The first-order valence-electron chi connectivity index (χ1n) is 7.94. The first-order chi connectivity index (χ1) is 11.6. The Labute approximate surface area is 137 Å². The number of nitrogens with zero attached hydrogens (tertiary/aromatic N) is 1. The first kappa shape index (κ1) is 14.9. The highest BCUT2D eigenvalue weighted by molar-refractivity contribution is 5.98. The Morgan fingerprint density at radius 1 is 1.08 bits per heavy atom. The van der Waals surface area contributed by atoms with Crippen molar-refractivity contribution in [3.05, 3.63) is 71.4 Å². The molecule has 1 aliphatic carbocycles. The predicted molar refractivity (Wildman–Crippen MR) is 87.6 cm³/mol. The molecule has 2 aromatic carbocycles. The van der Waals surface area contributed by atoms with Crippen molar-refractivity contribution in [1.29, 1.82) is 0 Å². The van der Waals surface area contributed by atoms with Gasteiger partial charge < -0.3 is 9.88 Å². The average molecular weight is 326 g/mol. The van der Waals surface area contributed by atoms with Gasteiger partial charge in [0, 0.05) is 23.5 Å². The fourth-order valence-electron chi connectivity index (χ4n) is 2.96. The van der Waals surface area contributed by atoms with Crippen LogP contribution in [0.3, 0.4) is 0 Å². The Morgan fingerprint density at radius 3 is 2.62 bits per heavy atom. The molecule has 1 heterocycles. The van der Waals surface area contributed by atoms with E-state index in [9.17, 15) is 13.6 Å². The Balaban J connectivity index is 1.63. The van der Waals surface area contributed by atoms with E-state index in [0.717, 1.165) is 23.9 Å². The Morgan fingerprint density at radius 2 is 1.88 bits per heavy atom. The zero-order chi connectivity index (χ0) is 16.7. The number of halogens is 2. The number of nitrogens with one attached hydrogen (secondary N) is 1. The lowest BCUT2D eigenvalue weighted by atomic mass is 10.2. The third-order valence-electron chi connectivity index (χ3n) is 4.30. The van der Waals surface area contributed by atoms with E-state index in [1.54, 1.807) is 23.1 Å². The molecule has 1 saturated carbocycles. The van der Waals surface area contributed by atoms with Gasteiger partial charge in [-0.25, -0.2) is 8.78 Å². The van der Waals surface area contributed by atoms with Gasteiger partial charge in [-0.2, -0.15) is 0 Å². The van der Waals surface area contributed by atoms with Crippen LogP contribution in [0.2, 0.25) is 0 Å². The van der Waals surface area contributed by atoms with Crippen LogP contribution in [0.15, 0.2) is 48.5 Å². The maximum Gasteiger partial charge on any atom is 0.270 e. The smallest absolute Gasteiger partial charge is 0.270 e. The number of hydrogen-bond donors (Lipinski definition) is 1. The number of aromatic nitrogens is 1. The van der Waals surface area contributed by atoms with E-state index < -0.39 is 0 Å². The molecule has 1 amide bonds. The van der Waals surface area contributed by atoms with Crippen LogP contribution in [0.4, 0.5) is 8.78 Å². The van der Waals surface area contributed by atoms with Crippen LogP contribution in [-0.2, 0) is 6.54 Å². The number of amides is 1. The van der Waals surface area contributed by atoms with E-state index >= 15 is 0 Å². The fourth-order valence-corrected chi connectivity index (χ4v) is 2.96. The van der Waals surface area contributed by atoms with Crippen molar-refractivity contribution in [3.8, 4) is 0 Å². The van der Waals surface area contributed by atoms with Crippen molar-refractivity contribution in [1.82, 2.24) is 9.88 Å². The number of fused-ring (bicyclic) bond motifs is 1. The van der Waals surface area contributed by atoms with Gasteiger partial charge >= 0.3 is 0 Å². The molecular formula is C19H16F2N2O. The number of hydrogen-bond acceptors (Lipinski definition) is 1. The van der Waals surface area contributed by atoms with Gasteiger partial charge in [-0.15, -0.1) is 0 Å². The highest BCUT2D eigenvalue weighted by Gasteiger charge is 2.33. The monoisotopic (exact) mass is 326 g/mol. The van der Waals surface area contributed by atoms with Crippen LogP contribution in [-0.4, -0.2) is 21.8 Å². The summed E-state index contributed by atoms with van der Waals surface area (Å²) in [5.41, 5.74) is 1.91. The lowest BCUT2D eigenvalue weighted by molar-refractivity contribution is 0.0724. The Bertz CT molecular complexity index is 915. The number of carbonyl (C=O) groups is 1. The lowest BCUT2D eigenvalue weighted by Gasteiger charge is -2.22. The van der Waals surface area contributed by atoms with Crippen LogP contribution in [0.5, 0.6) is 0 Å². The highest BCUT2D eigenvalue weighted by atomic mass is 19.1. The van der Waals surface area contributed by atoms with E-state index in [4.69, 9.17) is 0 Å². The van der Waals surface area contributed by atoms with Crippen LogP contribution >= 0.6 is 0 Å². The summed E-state index contributed by atoms with van der Waals surface area (Å²) >= 11 is 0. The minimum atomic E-state index is -0.334. The minimum Gasteiger partial charge on any atom is -0.351 e. The zero-order valence-electron chi connectivity index (χ0n) is 12.9. The van der Waals surface area contributed by atoms with E-state index in [1.807, 2.05) is 6.07 Å². The molecule has 1 fully saturated rings. The number of rotatable bonds is 4. The molecule has 0 unspecified atom stereocenters. The SMILES string of the molecule is O=C(c1cc2cc(F)ccc2[nH]1)N(Cc1cccc(F)c1)C1CC1. The third kappa shape index (κ3) is 2.89. The van der Waals surface area contributed by atoms with Crippen molar-refractivity contribution in [2.24, 2.45) is 0 Å². The van der Waals surface area contributed by atoms with E-state index in [2.05, 4.69) is 4.98 Å². The van der Waals surface area contributed by atoms with Gasteiger partial charge in [0.15, 0.2) is 0 Å². The molecule has 3 aromatic rings. The quantitative estimate of drug-likeness (QED) is 0.764. The third-order valence-corrected chi connectivity index (χ3v) is 4.30. The van der Waals surface area contributed by atoms with Gasteiger partial charge in [-0.3, -0.25) is 4.79 Å². The molecule has 0 saturated heterocycles. The van der Waals surface area contributed by atoms with Crippen LogP contribution < -0.4 is 0 Å². The van der Waals surface area contributed by atoms with Crippen molar-refractivity contribution >= 4 is 16.8 Å². The second-order valence-electron chi connectivity index (χ2n) is 6.21.